The van der Waals surface area contributed by atoms with E-state index >= 15 is 0 Å². The first-order valence-electron chi connectivity index (χ1n) is 7.06. The van der Waals surface area contributed by atoms with Crippen LogP contribution < -0.4 is 5.32 Å². The molecular weight excluding hydrogens is 320 g/mol. The number of amides is 1. The summed E-state index contributed by atoms with van der Waals surface area (Å²) in [5.41, 5.74) is 0.930. The van der Waals surface area contributed by atoms with E-state index in [1.807, 2.05) is 0 Å². The Morgan fingerprint density at radius 1 is 1.48 bits per heavy atom. The molecule has 3 N–H and O–H groups in total. The number of hydrogen-bond donors (Lipinski definition) is 3. The van der Waals surface area contributed by atoms with Crippen LogP contribution in [0, 0.1) is 0 Å². The summed E-state index contributed by atoms with van der Waals surface area (Å²) in [5, 5.41) is 17.1. The third-order valence-corrected chi connectivity index (χ3v) is 4.58. The summed E-state index contributed by atoms with van der Waals surface area (Å²) in [7, 11) is 0. The molecule has 118 valence electrons. The lowest BCUT2D eigenvalue weighted by Gasteiger charge is -1.99. The Kier molecular flexibility index (Phi) is 3.15. The third-order valence-electron chi connectivity index (χ3n) is 3.65. The van der Waals surface area contributed by atoms with Gasteiger partial charge in [0.25, 0.3) is 5.91 Å². The fourth-order valence-electron chi connectivity index (χ4n) is 2.28. The molecular formula is C14H12N4O4S. The Bertz CT molecular complexity index is 905. The Morgan fingerprint density at radius 3 is 3.04 bits per heavy atom. The zero-order chi connectivity index (χ0) is 16.0. The first kappa shape index (κ1) is 13.9. The number of nitrogens with zero attached hydrogens (tertiary/aromatic N) is 2. The van der Waals surface area contributed by atoms with Crippen LogP contribution in [0.2, 0.25) is 0 Å². The average molecular weight is 332 g/mol. The molecule has 0 unspecified atom stereocenters. The monoisotopic (exact) mass is 332 g/mol. The summed E-state index contributed by atoms with van der Waals surface area (Å²) in [6.07, 6.45) is 2.14. The molecule has 3 aromatic rings. The minimum atomic E-state index is -1.02. The molecule has 1 amide bonds. The molecule has 0 aliphatic heterocycles. The molecule has 3 aromatic heterocycles. The predicted octanol–water partition coefficient (Wildman–Crippen LogP) is 2.12. The van der Waals surface area contributed by atoms with Crippen molar-refractivity contribution < 1.29 is 19.2 Å². The largest absolute Gasteiger partial charge is 0.478 e. The maximum absolute atomic E-state index is 12.1. The molecule has 1 aliphatic carbocycles. The fraction of sp³-hybridized carbons (Fsp3) is 0.286. The van der Waals surface area contributed by atoms with E-state index in [1.54, 1.807) is 11.4 Å². The number of fused-ring (bicyclic) bond motifs is 1. The lowest BCUT2D eigenvalue weighted by atomic mass is 10.3. The standard InChI is InChI=1S/C14H12N4O4S/c19-12(15-4-10-17-13(22-18-10)6-1-2-6)8-3-9-11(16-8)7(5-23-9)14(20)21/h3,5-6,16H,1-2,4H2,(H,15,19)(H,20,21). The SMILES string of the molecule is O=C(NCc1noc(C2CC2)n1)c1cc2scc(C(=O)O)c2[nH]1. The van der Waals surface area contributed by atoms with Gasteiger partial charge in [-0.15, -0.1) is 11.3 Å². The molecule has 23 heavy (non-hydrogen) atoms. The Morgan fingerprint density at radius 2 is 2.30 bits per heavy atom. The topological polar surface area (TPSA) is 121 Å². The van der Waals surface area contributed by atoms with Crippen molar-refractivity contribution in [3.63, 3.8) is 0 Å². The van der Waals surface area contributed by atoms with Gasteiger partial charge in [0.2, 0.25) is 5.89 Å². The van der Waals surface area contributed by atoms with Crippen LogP contribution in [0.15, 0.2) is 16.0 Å². The maximum atomic E-state index is 12.1. The predicted molar refractivity (Wildman–Crippen MR) is 80.6 cm³/mol. The summed E-state index contributed by atoms with van der Waals surface area (Å²) in [5.74, 6) is 0.0594. The van der Waals surface area contributed by atoms with Crippen LogP contribution in [-0.4, -0.2) is 32.1 Å². The zero-order valence-electron chi connectivity index (χ0n) is 11.8. The van der Waals surface area contributed by atoms with Crippen LogP contribution in [0.5, 0.6) is 0 Å². The second-order valence-electron chi connectivity index (χ2n) is 5.38. The number of aromatic carboxylic acids is 1. The highest BCUT2D eigenvalue weighted by atomic mass is 32.1. The Labute approximate surface area is 133 Å². The maximum Gasteiger partial charge on any atom is 0.338 e. The summed E-state index contributed by atoms with van der Waals surface area (Å²) in [6, 6.07) is 1.63. The molecule has 3 heterocycles. The van der Waals surface area contributed by atoms with Gasteiger partial charge in [0, 0.05) is 11.3 Å². The lowest BCUT2D eigenvalue weighted by molar-refractivity contribution is 0.0699. The minimum Gasteiger partial charge on any atom is -0.478 e. The molecule has 0 radical (unpaired) electrons. The van der Waals surface area contributed by atoms with Gasteiger partial charge in [-0.1, -0.05) is 5.16 Å². The van der Waals surface area contributed by atoms with Gasteiger partial charge in [0.15, 0.2) is 5.82 Å². The zero-order valence-corrected chi connectivity index (χ0v) is 12.6. The van der Waals surface area contributed by atoms with Crippen molar-refractivity contribution in [3.8, 4) is 0 Å². The van der Waals surface area contributed by atoms with Crippen LogP contribution in [0.3, 0.4) is 0 Å². The number of thiophene rings is 1. The molecule has 1 aliphatic rings. The van der Waals surface area contributed by atoms with E-state index in [2.05, 4.69) is 20.4 Å². The highest BCUT2D eigenvalue weighted by Crippen LogP contribution is 2.38. The van der Waals surface area contributed by atoms with Gasteiger partial charge in [0.05, 0.1) is 22.3 Å². The Hall–Kier alpha value is -2.68. The highest BCUT2D eigenvalue weighted by Gasteiger charge is 2.29. The van der Waals surface area contributed by atoms with Crippen molar-refractivity contribution in [3.05, 3.63) is 34.4 Å². The first-order valence-corrected chi connectivity index (χ1v) is 7.94. The second kappa shape index (κ2) is 5.20. The summed E-state index contributed by atoms with van der Waals surface area (Å²) >= 11 is 1.28. The molecule has 0 aromatic carbocycles. The van der Waals surface area contributed by atoms with E-state index in [9.17, 15) is 9.59 Å². The second-order valence-corrected chi connectivity index (χ2v) is 6.29. The Balaban J connectivity index is 1.46. The third kappa shape index (κ3) is 2.59. The van der Waals surface area contributed by atoms with Gasteiger partial charge in [-0.3, -0.25) is 4.79 Å². The van der Waals surface area contributed by atoms with E-state index < -0.39 is 5.97 Å². The van der Waals surface area contributed by atoms with Gasteiger partial charge < -0.3 is 19.9 Å². The van der Waals surface area contributed by atoms with Crippen molar-refractivity contribution in [1.82, 2.24) is 20.4 Å². The quantitative estimate of drug-likeness (QED) is 0.658. The molecule has 8 nitrogen and oxygen atoms in total. The number of H-pyrrole nitrogens is 1. The van der Waals surface area contributed by atoms with E-state index in [-0.39, 0.29) is 18.0 Å². The molecule has 0 atom stereocenters. The van der Waals surface area contributed by atoms with E-state index in [1.165, 1.54) is 11.3 Å². The lowest BCUT2D eigenvalue weighted by Crippen LogP contribution is -2.23. The van der Waals surface area contributed by atoms with Crippen molar-refractivity contribution in [2.45, 2.75) is 25.3 Å². The summed E-state index contributed by atoms with van der Waals surface area (Å²) in [4.78, 5) is 30.3. The van der Waals surface area contributed by atoms with Crippen LogP contribution in [0.25, 0.3) is 10.2 Å². The fourth-order valence-corrected chi connectivity index (χ4v) is 3.21. The summed E-state index contributed by atoms with van der Waals surface area (Å²) < 4.78 is 5.85. The van der Waals surface area contributed by atoms with E-state index in [0.717, 1.165) is 17.5 Å². The number of aromatic nitrogens is 3. The van der Waals surface area contributed by atoms with Gasteiger partial charge in [-0.25, -0.2) is 4.79 Å². The number of hydrogen-bond acceptors (Lipinski definition) is 6. The smallest absolute Gasteiger partial charge is 0.338 e. The van der Waals surface area contributed by atoms with Crippen LogP contribution in [-0.2, 0) is 6.54 Å². The van der Waals surface area contributed by atoms with Crippen molar-refractivity contribution in [2.24, 2.45) is 0 Å². The van der Waals surface area contributed by atoms with Crippen LogP contribution in [0.1, 0.15) is 51.3 Å². The average Bonchev–Trinajstić information content (AvgIpc) is 2.97. The van der Waals surface area contributed by atoms with Gasteiger partial charge in [-0.2, -0.15) is 4.98 Å². The van der Waals surface area contributed by atoms with Gasteiger partial charge in [0.1, 0.15) is 5.69 Å². The van der Waals surface area contributed by atoms with Gasteiger partial charge in [-0.05, 0) is 18.9 Å². The number of carbonyl (C=O) groups excluding carboxylic acids is 1. The molecule has 1 fully saturated rings. The number of aromatic amines is 1. The number of nitrogens with one attached hydrogen (secondary N) is 2. The van der Waals surface area contributed by atoms with Gasteiger partial charge >= 0.3 is 5.97 Å². The van der Waals surface area contributed by atoms with E-state index in [4.69, 9.17) is 9.63 Å². The molecule has 0 bridgehead atoms. The number of carboxylic acid groups (broad SMARTS) is 1. The number of rotatable bonds is 5. The molecule has 1 saturated carbocycles. The molecule has 0 spiro atoms. The van der Waals surface area contributed by atoms with Crippen molar-refractivity contribution in [2.75, 3.05) is 0 Å². The van der Waals surface area contributed by atoms with Crippen molar-refractivity contribution in [1.29, 1.82) is 0 Å². The number of carbonyl (C=O) groups is 2. The normalized spacial score (nSPS) is 14.3. The first-order chi connectivity index (χ1) is 11.1. The summed E-state index contributed by atoms with van der Waals surface area (Å²) in [6.45, 7) is 0.160. The van der Waals surface area contributed by atoms with Crippen molar-refractivity contribution >= 4 is 33.4 Å². The molecule has 9 heteroatoms. The minimum absolute atomic E-state index is 0.160. The highest BCUT2D eigenvalue weighted by molar-refractivity contribution is 7.17. The molecule has 0 saturated heterocycles. The molecule has 4 rings (SSSR count). The van der Waals surface area contributed by atoms with Crippen LogP contribution in [0.4, 0.5) is 0 Å². The number of carboxylic acids is 1. The van der Waals surface area contributed by atoms with E-state index in [0.29, 0.717) is 28.8 Å². The van der Waals surface area contributed by atoms with Crippen LogP contribution >= 0.6 is 11.3 Å².